The van der Waals surface area contributed by atoms with Gasteiger partial charge in [0.25, 0.3) is 5.91 Å². The molecule has 0 spiro atoms. The molecule has 29 heavy (non-hydrogen) atoms. The Morgan fingerprint density at radius 3 is 2.72 bits per heavy atom. The first kappa shape index (κ1) is 18.3. The Bertz CT molecular complexity index is 1330. The number of H-pyrrole nitrogens is 2. The highest BCUT2D eigenvalue weighted by Gasteiger charge is 2.12. The monoisotopic (exact) mass is 396 g/mol. The number of para-hydroxylation sites is 2. The third kappa shape index (κ3) is 3.95. The van der Waals surface area contributed by atoms with E-state index < -0.39 is 24.2 Å². The maximum absolute atomic E-state index is 12.0. The molecule has 4 rings (SSSR count). The number of aromatic amines is 2. The smallest absolute Gasteiger partial charge is 0.419 e. The van der Waals surface area contributed by atoms with E-state index in [1.54, 1.807) is 42.5 Å². The van der Waals surface area contributed by atoms with Gasteiger partial charge < -0.3 is 24.4 Å². The van der Waals surface area contributed by atoms with E-state index in [1.165, 1.54) is 4.57 Å². The van der Waals surface area contributed by atoms with Crippen molar-refractivity contribution in [3.05, 3.63) is 63.5 Å². The second kappa shape index (κ2) is 7.50. The zero-order chi connectivity index (χ0) is 20.4. The van der Waals surface area contributed by atoms with E-state index in [0.29, 0.717) is 27.8 Å². The molecule has 4 aromatic rings. The number of carbonyl (C=O) groups is 2. The number of ether oxygens (including phenoxy) is 1. The molecule has 10 nitrogen and oxygen atoms in total. The minimum absolute atomic E-state index is 0.0772. The van der Waals surface area contributed by atoms with Crippen LogP contribution in [0.25, 0.3) is 22.1 Å². The maximum atomic E-state index is 12.0. The molecule has 0 saturated carbocycles. The number of rotatable bonds is 6. The van der Waals surface area contributed by atoms with Crippen LogP contribution in [0, 0.1) is 0 Å². The van der Waals surface area contributed by atoms with Crippen LogP contribution < -0.4 is 16.8 Å². The Morgan fingerprint density at radius 2 is 1.86 bits per heavy atom. The summed E-state index contributed by atoms with van der Waals surface area (Å²) in [5.41, 5.74) is 2.28. The molecule has 0 fully saturated rings. The molecule has 0 saturated heterocycles. The van der Waals surface area contributed by atoms with E-state index in [2.05, 4.69) is 15.3 Å². The van der Waals surface area contributed by atoms with E-state index in [-0.39, 0.29) is 18.7 Å². The van der Waals surface area contributed by atoms with Gasteiger partial charge in [-0.3, -0.25) is 14.2 Å². The molecular weight excluding hydrogens is 380 g/mol. The molecule has 1 amide bonds. The van der Waals surface area contributed by atoms with Crippen molar-refractivity contribution in [2.75, 3.05) is 11.9 Å². The Kier molecular flexibility index (Phi) is 4.73. The molecule has 0 radical (unpaired) electrons. The first-order valence-electron chi connectivity index (χ1n) is 8.75. The Hall–Kier alpha value is -4.08. The van der Waals surface area contributed by atoms with Crippen molar-refractivity contribution in [3.8, 4) is 0 Å². The Labute approximate surface area is 162 Å². The van der Waals surface area contributed by atoms with E-state index in [9.17, 15) is 19.2 Å². The lowest BCUT2D eigenvalue weighted by molar-refractivity contribution is -0.147. The normalized spacial score (nSPS) is 11.0. The summed E-state index contributed by atoms with van der Waals surface area (Å²) in [7, 11) is 0. The van der Waals surface area contributed by atoms with Gasteiger partial charge >= 0.3 is 17.4 Å². The fourth-order valence-electron chi connectivity index (χ4n) is 2.95. The van der Waals surface area contributed by atoms with Gasteiger partial charge in [0.05, 0.1) is 23.0 Å². The van der Waals surface area contributed by atoms with Crippen molar-refractivity contribution in [2.24, 2.45) is 0 Å². The van der Waals surface area contributed by atoms with E-state index in [1.807, 2.05) is 0 Å². The van der Waals surface area contributed by atoms with E-state index >= 15 is 0 Å². The predicted molar refractivity (Wildman–Crippen MR) is 104 cm³/mol. The highest BCUT2D eigenvalue weighted by Crippen LogP contribution is 2.14. The van der Waals surface area contributed by atoms with Crippen LogP contribution in [0.1, 0.15) is 6.42 Å². The predicted octanol–water partition coefficient (Wildman–Crippen LogP) is 1.34. The quantitative estimate of drug-likeness (QED) is 0.420. The molecule has 148 valence electrons. The molecular formula is C19H16N4O6. The first-order chi connectivity index (χ1) is 14.0. The number of esters is 1. The van der Waals surface area contributed by atoms with Crippen molar-refractivity contribution in [1.82, 2.24) is 14.5 Å². The Balaban J connectivity index is 1.30. The molecule has 0 unspecified atom stereocenters. The number of benzene rings is 2. The molecule has 0 atom stereocenters. The van der Waals surface area contributed by atoms with E-state index in [4.69, 9.17) is 9.15 Å². The number of nitrogens with one attached hydrogen (secondary N) is 3. The number of imidazole rings is 1. The summed E-state index contributed by atoms with van der Waals surface area (Å²) >= 11 is 0. The van der Waals surface area contributed by atoms with Gasteiger partial charge in [-0.05, 0) is 30.3 Å². The van der Waals surface area contributed by atoms with Crippen molar-refractivity contribution in [2.45, 2.75) is 13.0 Å². The molecule has 3 N–H and O–H groups in total. The van der Waals surface area contributed by atoms with Gasteiger partial charge in [0.15, 0.2) is 12.2 Å². The number of carbonyl (C=O) groups excluding carboxylic acids is 2. The second-order valence-corrected chi connectivity index (χ2v) is 6.29. The van der Waals surface area contributed by atoms with Crippen LogP contribution >= 0.6 is 0 Å². The molecule has 10 heteroatoms. The van der Waals surface area contributed by atoms with Crippen molar-refractivity contribution in [1.29, 1.82) is 0 Å². The largest absolute Gasteiger partial charge is 0.456 e. The average Bonchev–Trinajstić information content (AvgIpc) is 3.22. The van der Waals surface area contributed by atoms with Crippen LogP contribution in [0.15, 0.2) is 56.5 Å². The summed E-state index contributed by atoms with van der Waals surface area (Å²) < 4.78 is 11.4. The minimum Gasteiger partial charge on any atom is -0.456 e. The molecule has 2 aromatic heterocycles. The van der Waals surface area contributed by atoms with Crippen LogP contribution in [0.3, 0.4) is 0 Å². The number of nitrogens with zero attached hydrogens (tertiary/aromatic N) is 1. The number of aromatic nitrogens is 3. The van der Waals surface area contributed by atoms with Gasteiger partial charge in [-0.2, -0.15) is 0 Å². The van der Waals surface area contributed by atoms with Gasteiger partial charge in [0, 0.05) is 12.2 Å². The summed E-state index contributed by atoms with van der Waals surface area (Å²) in [6.45, 7) is -0.393. The van der Waals surface area contributed by atoms with Gasteiger partial charge in [0.1, 0.15) is 0 Å². The summed E-state index contributed by atoms with van der Waals surface area (Å²) in [6, 6.07) is 11.7. The van der Waals surface area contributed by atoms with Crippen LogP contribution in [-0.2, 0) is 20.9 Å². The number of oxazole rings is 1. The highest BCUT2D eigenvalue weighted by atomic mass is 16.5. The van der Waals surface area contributed by atoms with E-state index in [0.717, 1.165) is 0 Å². The van der Waals surface area contributed by atoms with Crippen LogP contribution in [0.4, 0.5) is 5.69 Å². The van der Waals surface area contributed by atoms with Crippen molar-refractivity contribution >= 4 is 39.7 Å². The maximum Gasteiger partial charge on any atom is 0.419 e. The van der Waals surface area contributed by atoms with Gasteiger partial charge in [-0.15, -0.1) is 0 Å². The fraction of sp³-hybridized carbons (Fsp3) is 0.158. The standard InChI is InChI=1S/C19H16N4O6/c24-16(20-11-5-6-12-13(9-11)22-18(26)21-12)10-28-17(25)7-8-23-14-3-1-2-4-15(14)29-19(23)27/h1-6,9H,7-8,10H2,(H,20,24)(H2,21,22,26). The third-order valence-electron chi connectivity index (χ3n) is 4.28. The number of amides is 1. The average molecular weight is 396 g/mol. The van der Waals surface area contributed by atoms with Gasteiger partial charge in [-0.1, -0.05) is 12.1 Å². The summed E-state index contributed by atoms with van der Waals surface area (Å²) in [4.78, 5) is 52.2. The fourth-order valence-corrected chi connectivity index (χ4v) is 2.95. The molecule has 0 bridgehead atoms. The zero-order valence-electron chi connectivity index (χ0n) is 15.1. The van der Waals surface area contributed by atoms with Crippen LogP contribution in [0.5, 0.6) is 0 Å². The lowest BCUT2D eigenvalue weighted by Crippen LogP contribution is -2.22. The molecule has 2 heterocycles. The molecule has 0 aliphatic rings. The lowest BCUT2D eigenvalue weighted by Gasteiger charge is -2.07. The van der Waals surface area contributed by atoms with Crippen LogP contribution in [-0.4, -0.2) is 33.0 Å². The number of aryl methyl sites for hydroxylation is 1. The van der Waals surface area contributed by atoms with Gasteiger partial charge in [0.2, 0.25) is 0 Å². The SMILES string of the molecule is O=C(COC(=O)CCn1c(=O)oc2ccccc21)Nc1ccc2[nH]c(=O)[nH]c2c1. The van der Waals surface area contributed by atoms with Crippen LogP contribution in [0.2, 0.25) is 0 Å². The summed E-state index contributed by atoms with van der Waals surface area (Å²) in [6.07, 6.45) is -0.0900. The third-order valence-corrected chi connectivity index (χ3v) is 4.28. The first-order valence-corrected chi connectivity index (χ1v) is 8.75. The number of hydrogen-bond donors (Lipinski definition) is 3. The molecule has 2 aromatic carbocycles. The number of fused-ring (bicyclic) bond motifs is 2. The number of hydrogen-bond acceptors (Lipinski definition) is 6. The topological polar surface area (TPSA) is 139 Å². The highest BCUT2D eigenvalue weighted by molar-refractivity contribution is 5.94. The minimum atomic E-state index is -0.622. The zero-order valence-corrected chi connectivity index (χ0v) is 15.1. The molecule has 0 aliphatic heterocycles. The number of anilines is 1. The lowest BCUT2D eigenvalue weighted by atomic mass is 10.3. The molecule has 0 aliphatic carbocycles. The second-order valence-electron chi connectivity index (χ2n) is 6.29. The summed E-state index contributed by atoms with van der Waals surface area (Å²) in [5, 5.41) is 2.58. The van der Waals surface area contributed by atoms with Crippen molar-refractivity contribution < 1.29 is 18.7 Å². The van der Waals surface area contributed by atoms with Crippen molar-refractivity contribution in [3.63, 3.8) is 0 Å². The Morgan fingerprint density at radius 1 is 1.07 bits per heavy atom. The van der Waals surface area contributed by atoms with Gasteiger partial charge in [-0.25, -0.2) is 9.59 Å². The summed E-state index contributed by atoms with van der Waals surface area (Å²) in [5.74, 6) is -1.71.